The Labute approximate surface area is 108 Å². The molecule has 1 atom stereocenters. The monoisotopic (exact) mass is 244 g/mol. The molecule has 3 rings (SSSR count). The molecule has 1 heterocycles. The van der Waals surface area contributed by atoms with Gasteiger partial charge in [0, 0.05) is 12.6 Å². The number of piperidine rings is 1. The Morgan fingerprint density at radius 3 is 2.67 bits per heavy atom. The fourth-order valence-corrected chi connectivity index (χ4v) is 2.83. The van der Waals surface area contributed by atoms with Crippen LogP contribution in [-0.4, -0.2) is 25.0 Å². The lowest BCUT2D eigenvalue weighted by atomic mass is 9.94. The van der Waals surface area contributed by atoms with Gasteiger partial charge in [-0.3, -0.25) is 4.79 Å². The second-order valence-corrected chi connectivity index (χ2v) is 5.46. The van der Waals surface area contributed by atoms with Gasteiger partial charge in [0.2, 0.25) is 5.91 Å². The number of carbonyl (C=O) groups excluding carboxylic acids is 1. The van der Waals surface area contributed by atoms with E-state index in [0.717, 1.165) is 38.8 Å². The molecule has 1 unspecified atom stereocenters. The maximum Gasteiger partial charge on any atom is 0.230 e. The van der Waals surface area contributed by atoms with Crippen LogP contribution in [0.15, 0.2) is 30.3 Å². The Balaban J connectivity index is 1.68. The van der Waals surface area contributed by atoms with Gasteiger partial charge in [-0.2, -0.15) is 0 Å². The second kappa shape index (κ2) is 4.73. The molecule has 96 valence electrons. The van der Waals surface area contributed by atoms with Crippen LogP contribution >= 0.6 is 0 Å². The molecule has 1 aliphatic heterocycles. The highest BCUT2D eigenvalue weighted by molar-refractivity contribution is 5.91. The molecule has 1 saturated carbocycles. The molecule has 2 N–H and O–H groups in total. The van der Waals surface area contributed by atoms with E-state index in [2.05, 4.69) is 22.8 Å². The normalized spacial score (nSPS) is 25.4. The maximum atomic E-state index is 12.5. The number of nitrogens with one attached hydrogen (secondary N) is 2. The van der Waals surface area contributed by atoms with Gasteiger partial charge in [-0.1, -0.05) is 30.3 Å². The summed E-state index contributed by atoms with van der Waals surface area (Å²) in [5.41, 5.74) is 0.949. The summed E-state index contributed by atoms with van der Waals surface area (Å²) in [4.78, 5) is 12.5. The quantitative estimate of drug-likeness (QED) is 0.847. The SMILES string of the molecule is O=C(NC1CCCNC1)C1(c2ccccc2)CC1. The number of benzene rings is 1. The molecule has 1 amide bonds. The Bertz CT molecular complexity index is 419. The summed E-state index contributed by atoms with van der Waals surface area (Å²) < 4.78 is 0. The van der Waals surface area contributed by atoms with Crippen molar-refractivity contribution in [3.05, 3.63) is 35.9 Å². The number of rotatable bonds is 3. The minimum atomic E-state index is -0.224. The minimum Gasteiger partial charge on any atom is -0.351 e. The van der Waals surface area contributed by atoms with Crippen LogP contribution in [0.2, 0.25) is 0 Å². The van der Waals surface area contributed by atoms with Crippen molar-refractivity contribution in [1.82, 2.24) is 10.6 Å². The first kappa shape index (κ1) is 11.7. The van der Waals surface area contributed by atoms with E-state index in [0.29, 0.717) is 6.04 Å². The number of carbonyl (C=O) groups is 1. The summed E-state index contributed by atoms with van der Waals surface area (Å²) in [6.07, 6.45) is 4.24. The number of hydrogen-bond acceptors (Lipinski definition) is 2. The molecule has 0 spiro atoms. The van der Waals surface area contributed by atoms with Crippen LogP contribution in [0.4, 0.5) is 0 Å². The lowest BCUT2D eigenvalue weighted by molar-refractivity contribution is -0.124. The van der Waals surface area contributed by atoms with Crippen molar-refractivity contribution in [2.75, 3.05) is 13.1 Å². The van der Waals surface area contributed by atoms with Crippen molar-refractivity contribution in [3.63, 3.8) is 0 Å². The van der Waals surface area contributed by atoms with Crippen LogP contribution in [0.25, 0.3) is 0 Å². The predicted molar refractivity (Wildman–Crippen MR) is 71.4 cm³/mol. The van der Waals surface area contributed by atoms with Gasteiger partial charge >= 0.3 is 0 Å². The minimum absolute atomic E-state index is 0.224. The van der Waals surface area contributed by atoms with Gasteiger partial charge in [-0.15, -0.1) is 0 Å². The summed E-state index contributed by atoms with van der Waals surface area (Å²) in [6, 6.07) is 10.5. The molecule has 18 heavy (non-hydrogen) atoms. The van der Waals surface area contributed by atoms with Gasteiger partial charge in [-0.05, 0) is 37.8 Å². The fraction of sp³-hybridized carbons (Fsp3) is 0.533. The Morgan fingerprint density at radius 2 is 2.06 bits per heavy atom. The van der Waals surface area contributed by atoms with Gasteiger partial charge in [0.25, 0.3) is 0 Å². The standard InChI is InChI=1S/C15H20N2O/c18-14(17-13-7-4-10-16-11-13)15(8-9-15)12-5-2-1-3-6-12/h1-3,5-6,13,16H,4,7-11H2,(H,17,18). The summed E-state index contributed by atoms with van der Waals surface area (Å²) in [7, 11) is 0. The number of hydrogen-bond donors (Lipinski definition) is 2. The molecule has 3 heteroatoms. The van der Waals surface area contributed by atoms with Crippen LogP contribution in [0.5, 0.6) is 0 Å². The lowest BCUT2D eigenvalue weighted by Gasteiger charge is -2.26. The highest BCUT2D eigenvalue weighted by atomic mass is 16.2. The van der Waals surface area contributed by atoms with Crippen molar-refractivity contribution in [2.24, 2.45) is 0 Å². The summed E-state index contributed by atoms with van der Waals surface area (Å²) in [5.74, 6) is 0.224. The van der Waals surface area contributed by atoms with Gasteiger partial charge in [0.05, 0.1) is 5.41 Å². The largest absolute Gasteiger partial charge is 0.351 e. The van der Waals surface area contributed by atoms with Crippen LogP contribution in [0, 0.1) is 0 Å². The van der Waals surface area contributed by atoms with Crippen LogP contribution in [0.1, 0.15) is 31.2 Å². The lowest BCUT2D eigenvalue weighted by Crippen LogP contribution is -2.48. The highest BCUT2D eigenvalue weighted by Gasteiger charge is 2.51. The number of amides is 1. The first-order valence-electron chi connectivity index (χ1n) is 6.88. The van der Waals surface area contributed by atoms with Crippen LogP contribution in [-0.2, 0) is 10.2 Å². The molecule has 2 aliphatic rings. The van der Waals surface area contributed by atoms with E-state index in [1.807, 2.05) is 18.2 Å². The first-order valence-corrected chi connectivity index (χ1v) is 6.88. The third-order valence-corrected chi connectivity index (χ3v) is 4.14. The molecule has 1 aromatic carbocycles. The van der Waals surface area contributed by atoms with Crippen molar-refractivity contribution in [1.29, 1.82) is 0 Å². The predicted octanol–water partition coefficient (Wildman–Crippen LogP) is 1.59. The summed E-state index contributed by atoms with van der Waals surface area (Å²) >= 11 is 0. The fourth-order valence-electron chi connectivity index (χ4n) is 2.83. The first-order chi connectivity index (χ1) is 8.81. The van der Waals surface area contributed by atoms with E-state index in [4.69, 9.17) is 0 Å². The molecule has 0 aromatic heterocycles. The van der Waals surface area contributed by atoms with E-state index in [1.54, 1.807) is 0 Å². The Kier molecular flexibility index (Phi) is 3.08. The zero-order chi connectivity index (χ0) is 12.4. The van der Waals surface area contributed by atoms with Crippen molar-refractivity contribution < 1.29 is 4.79 Å². The van der Waals surface area contributed by atoms with Crippen molar-refractivity contribution >= 4 is 5.91 Å². The molecular weight excluding hydrogens is 224 g/mol. The Morgan fingerprint density at radius 1 is 1.28 bits per heavy atom. The van der Waals surface area contributed by atoms with E-state index in [1.165, 1.54) is 5.56 Å². The van der Waals surface area contributed by atoms with E-state index >= 15 is 0 Å². The maximum absolute atomic E-state index is 12.5. The van der Waals surface area contributed by atoms with E-state index < -0.39 is 0 Å². The Hall–Kier alpha value is -1.35. The van der Waals surface area contributed by atoms with E-state index in [9.17, 15) is 4.79 Å². The highest BCUT2D eigenvalue weighted by Crippen LogP contribution is 2.48. The smallest absolute Gasteiger partial charge is 0.230 e. The van der Waals surface area contributed by atoms with Gasteiger partial charge in [0.1, 0.15) is 0 Å². The molecule has 1 saturated heterocycles. The topological polar surface area (TPSA) is 41.1 Å². The molecule has 1 aliphatic carbocycles. The van der Waals surface area contributed by atoms with Crippen molar-refractivity contribution in [2.45, 2.75) is 37.1 Å². The van der Waals surface area contributed by atoms with Crippen LogP contribution in [0.3, 0.4) is 0 Å². The molecule has 3 nitrogen and oxygen atoms in total. The van der Waals surface area contributed by atoms with Gasteiger partial charge in [-0.25, -0.2) is 0 Å². The molecule has 0 bridgehead atoms. The third-order valence-electron chi connectivity index (χ3n) is 4.14. The van der Waals surface area contributed by atoms with Gasteiger partial charge in [0.15, 0.2) is 0 Å². The second-order valence-electron chi connectivity index (χ2n) is 5.46. The molecular formula is C15H20N2O. The van der Waals surface area contributed by atoms with Gasteiger partial charge < -0.3 is 10.6 Å². The average molecular weight is 244 g/mol. The molecule has 1 aromatic rings. The molecule has 0 radical (unpaired) electrons. The summed E-state index contributed by atoms with van der Waals surface area (Å²) in [6.45, 7) is 1.99. The van der Waals surface area contributed by atoms with Crippen molar-refractivity contribution in [3.8, 4) is 0 Å². The zero-order valence-corrected chi connectivity index (χ0v) is 10.6. The average Bonchev–Trinajstić information content (AvgIpc) is 3.22. The summed E-state index contributed by atoms with van der Waals surface area (Å²) in [5, 5.41) is 6.56. The zero-order valence-electron chi connectivity index (χ0n) is 10.6. The van der Waals surface area contributed by atoms with E-state index in [-0.39, 0.29) is 11.3 Å². The third kappa shape index (κ3) is 2.15. The molecule has 2 fully saturated rings. The van der Waals surface area contributed by atoms with Crippen LogP contribution < -0.4 is 10.6 Å².